The molecular formula is C18H19Cl3N2O3. The number of nitrogens with zero attached hydrogens (tertiary/aromatic N) is 1. The van der Waals surface area contributed by atoms with Crippen molar-refractivity contribution in [1.29, 1.82) is 0 Å². The summed E-state index contributed by atoms with van der Waals surface area (Å²) in [6.07, 6.45) is 0. The third kappa shape index (κ3) is 5.17. The highest BCUT2D eigenvalue weighted by Crippen LogP contribution is 2.33. The number of methoxy groups -OCH3 is 2. The van der Waals surface area contributed by atoms with Crippen LogP contribution < -0.4 is 14.8 Å². The first kappa shape index (κ1) is 20.6. The van der Waals surface area contributed by atoms with Gasteiger partial charge in [-0.15, -0.1) is 0 Å². The Bertz CT molecular complexity index is 799. The highest BCUT2D eigenvalue weighted by Gasteiger charge is 2.15. The molecule has 2 aromatic rings. The molecule has 0 bridgehead atoms. The third-order valence-corrected chi connectivity index (χ3v) is 4.66. The lowest BCUT2D eigenvalue weighted by atomic mass is 10.1. The summed E-state index contributed by atoms with van der Waals surface area (Å²) in [6, 6.07) is 8.63. The predicted molar refractivity (Wildman–Crippen MR) is 106 cm³/mol. The molecule has 0 aromatic heterocycles. The van der Waals surface area contributed by atoms with E-state index in [2.05, 4.69) is 5.32 Å². The highest BCUT2D eigenvalue weighted by molar-refractivity contribution is 6.44. The van der Waals surface area contributed by atoms with Crippen LogP contribution in [-0.4, -0.2) is 38.6 Å². The minimum atomic E-state index is -0.227. The Balaban J connectivity index is 2.03. The van der Waals surface area contributed by atoms with Gasteiger partial charge in [0, 0.05) is 12.1 Å². The molecule has 0 unspecified atom stereocenters. The van der Waals surface area contributed by atoms with E-state index in [1.807, 2.05) is 30.1 Å². The van der Waals surface area contributed by atoms with E-state index < -0.39 is 0 Å². The number of carbonyl (C=O) groups is 1. The molecule has 0 saturated carbocycles. The summed E-state index contributed by atoms with van der Waals surface area (Å²) in [5, 5.41) is 3.71. The number of para-hydroxylation sites is 1. The van der Waals surface area contributed by atoms with Gasteiger partial charge in [-0.25, -0.2) is 0 Å². The second-order valence-electron chi connectivity index (χ2n) is 5.62. The van der Waals surface area contributed by atoms with Crippen LogP contribution in [-0.2, 0) is 11.3 Å². The Hall–Kier alpha value is -1.66. The molecule has 0 aliphatic heterocycles. The molecule has 2 aromatic carbocycles. The van der Waals surface area contributed by atoms with Crippen LogP contribution >= 0.6 is 34.8 Å². The second-order valence-corrected chi connectivity index (χ2v) is 6.84. The van der Waals surface area contributed by atoms with Crippen molar-refractivity contribution < 1.29 is 14.3 Å². The van der Waals surface area contributed by atoms with E-state index >= 15 is 0 Å². The number of halogens is 3. The quantitative estimate of drug-likeness (QED) is 0.661. The molecule has 2 rings (SSSR count). The molecule has 0 heterocycles. The van der Waals surface area contributed by atoms with Crippen LogP contribution in [0.25, 0.3) is 0 Å². The Kier molecular flexibility index (Phi) is 7.41. The molecule has 0 atom stereocenters. The first-order chi connectivity index (χ1) is 12.3. The molecule has 0 saturated heterocycles. The number of nitrogens with one attached hydrogen (secondary N) is 1. The van der Waals surface area contributed by atoms with Gasteiger partial charge >= 0.3 is 0 Å². The number of carbonyl (C=O) groups excluding carboxylic acids is 1. The molecule has 26 heavy (non-hydrogen) atoms. The number of hydrogen-bond donors (Lipinski definition) is 1. The number of anilines is 1. The fraction of sp³-hybridized carbons (Fsp3) is 0.278. The van der Waals surface area contributed by atoms with E-state index in [9.17, 15) is 4.79 Å². The Morgan fingerprint density at radius 2 is 1.77 bits per heavy atom. The van der Waals surface area contributed by atoms with Gasteiger partial charge in [0.1, 0.15) is 0 Å². The maximum Gasteiger partial charge on any atom is 0.238 e. The van der Waals surface area contributed by atoms with Gasteiger partial charge in [0.2, 0.25) is 5.91 Å². The minimum Gasteiger partial charge on any atom is -0.493 e. The molecule has 0 aliphatic rings. The monoisotopic (exact) mass is 416 g/mol. The largest absolute Gasteiger partial charge is 0.493 e. The first-order valence-corrected chi connectivity index (χ1v) is 8.82. The maximum atomic E-state index is 12.3. The zero-order valence-electron chi connectivity index (χ0n) is 14.6. The lowest BCUT2D eigenvalue weighted by Gasteiger charge is -2.19. The van der Waals surface area contributed by atoms with Crippen molar-refractivity contribution in [3.63, 3.8) is 0 Å². The van der Waals surface area contributed by atoms with E-state index in [1.54, 1.807) is 14.2 Å². The average molecular weight is 418 g/mol. The summed E-state index contributed by atoms with van der Waals surface area (Å²) in [7, 11) is 5.00. The number of amides is 1. The van der Waals surface area contributed by atoms with Crippen molar-refractivity contribution >= 4 is 46.4 Å². The average Bonchev–Trinajstić information content (AvgIpc) is 2.59. The number of benzene rings is 2. The molecule has 0 aliphatic carbocycles. The van der Waals surface area contributed by atoms with Crippen molar-refractivity contribution in [2.45, 2.75) is 6.54 Å². The van der Waals surface area contributed by atoms with Gasteiger partial charge in [0.15, 0.2) is 11.5 Å². The van der Waals surface area contributed by atoms with Crippen molar-refractivity contribution in [1.82, 2.24) is 4.90 Å². The lowest BCUT2D eigenvalue weighted by Crippen LogP contribution is -2.30. The highest BCUT2D eigenvalue weighted by atomic mass is 35.5. The van der Waals surface area contributed by atoms with Crippen LogP contribution in [0.4, 0.5) is 5.69 Å². The number of ether oxygens (including phenoxy) is 2. The van der Waals surface area contributed by atoms with Gasteiger partial charge in [-0.3, -0.25) is 9.69 Å². The molecule has 140 valence electrons. The number of hydrogen-bond acceptors (Lipinski definition) is 4. The number of rotatable bonds is 7. The molecule has 8 heteroatoms. The summed E-state index contributed by atoms with van der Waals surface area (Å²) in [5.41, 5.74) is 1.33. The number of likely N-dealkylation sites (N-methyl/N-ethyl adjacent to an activating group) is 1. The van der Waals surface area contributed by atoms with Crippen molar-refractivity contribution in [3.8, 4) is 11.5 Å². The van der Waals surface area contributed by atoms with Crippen LogP contribution in [0.2, 0.25) is 15.1 Å². The zero-order valence-corrected chi connectivity index (χ0v) is 16.9. The first-order valence-electron chi connectivity index (χ1n) is 7.68. The van der Waals surface area contributed by atoms with E-state index in [0.717, 1.165) is 5.56 Å². The molecule has 0 radical (unpaired) electrons. The van der Waals surface area contributed by atoms with E-state index in [-0.39, 0.29) is 12.5 Å². The van der Waals surface area contributed by atoms with Crippen molar-refractivity contribution in [2.24, 2.45) is 0 Å². The molecule has 5 nitrogen and oxygen atoms in total. The summed E-state index contributed by atoms with van der Waals surface area (Å²) in [5.74, 6) is 1.06. The van der Waals surface area contributed by atoms with E-state index in [4.69, 9.17) is 44.3 Å². The second kappa shape index (κ2) is 9.33. The summed E-state index contributed by atoms with van der Waals surface area (Å²) < 4.78 is 10.7. The molecule has 0 fully saturated rings. The van der Waals surface area contributed by atoms with Gasteiger partial charge in [0.25, 0.3) is 0 Å². The van der Waals surface area contributed by atoms with Crippen molar-refractivity contribution in [3.05, 3.63) is 51.0 Å². The van der Waals surface area contributed by atoms with Gasteiger partial charge < -0.3 is 14.8 Å². The lowest BCUT2D eigenvalue weighted by molar-refractivity contribution is -0.117. The Morgan fingerprint density at radius 1 is 1.08 bits per heavy atom. The topological polar surface area (TPSA) is 50.8 Å². The SMILES string of the molecule is COc1cccc(CN(C)CC(=O)Nc2cc(Cl)c(Cl)cc2Cl)c1OC. The van der Waals surface area contributed by atoms with Crippen LogP contribution in [0.1, 0.15) is 5.56 Å². The summed E-state index contributed by atoms with van der Waals surface area (Å²) >= 11 is 17.9. The molecule has 1 amide bonds. The van der Waals surface area contributed by atoms with Crippen LogP contribution in [0, 0.1) is 0 Å². The van der Waals surface area contributed by atoms with Crippen LogP contribution in [0.15, 0.2) is 30.3 Å². The van der Waals surface area contributed by atoms with Gasteiger partial charge in [-0.1, -0.05) is 46.9 Å². The normalized spacial score (nSPS) is 10.7. The molecule has 1 N–H and O–H groups in total. The standard InChI is InChI=1S/C18H19Cl3N2O3/c1-23(9-11-5-4-6-16(25-2)18(11)26-3)10-17(24)22-15-8-13(20)12(19)7-14(15)21/h4-8H,9-10H2,1-3H3,(H,22,24). The van der Waals surface area contributed by atoms with Gasteiger partial charge in [-0.05, 0) is 25.2 Å². The Morgan fingerprint density at radius 3 is 2.42 bits per heavy atom. The minimum absolute atomic E-state index is 0.150. The summed E-state index contributed by atoms with van der Waals surface area (Å²) in [4.78, 5) is 14.1. The maximum absolute atomic E-state index is 12.3. The fourth-order valence-electron chi connectivity index (χ4n) is 2.48. The van der Waals surface area contributed by atoms with Crippen LogP contribution in [0.5, 0.6) is 11.5 Å². The van der Waals surface area contributed by atoms with Crippen molar-refractivity contribution in [2.75, 3.05) is 33.1 Å². The zero-order chi connectivity index (χ0) is 19.3. The van der Waals surface area contributed by atoms with E-state index in [1.165, 1.54) is 12.1 Å². The third-order valence-electron chi connectivity index (χ3n) is 3.62. The molecular weight excluding hydrogens is 399 g/mol. The van der Waals surface area contributed by atoms with E-state index in [0.29, 0.717) is 38.8 Å². The van der Waals surface area contributed by atoms with Gasteiger partial charge in [0.05, 0.1) is 41.5 Å². The predicted octanol–water partition coefficient (Wildman–Crippen LogP) is 4.73. The molecule has 0 spiro atoms. The van der Waals surface area contributed by atoms with Gasteiger partial charge in [-0.2, -0.15) is 0 Å². The smallest absolute Gasteiger partial charge is 0.238 e. The summed E-state index contributed by atoms with van der Waals surface area (Å²) in [6.45, 7) is 0.653. The Labute approximate surface area is 167 Å². The van der Waals surface area contributed by atoms with Crippen LogP contribution in [0.3, 0.4) is 0 Å². The fourth-order valence-corrected chi connectivity index (χ4v) is 3.07.